The Balaban J connectivity index is 1.44. The van der Waals surface area contributed by atoms with E-state index in [2.05, 4.69) is 21.6 Å². The molecule has 1 heterocycles. The van der Waals surface area contributed by atoms with Gasteiger partial charge in [-0.2, -0.15) is 5.10 Å². The normalized spacial score (nSPS) is 15.8. The zero-order valence-corrected chi connectivity index (χ0v) is 17.2. The molecule has 31 heavy (non-hydrogen) atoms. The average Bonchev–Trinajstić information content (AvgIpc) is 3.17. The van der Waals surface area contributed by atoms with Gasteiger partial charge >= 0.3 is 0 Å². The first-order valence-corrected chi connectivity index (χ1v) is 9.92. The molecule has 0 spiro atoms. The quantitative estimate of drug-likeness (QED) is 0.405. The van der Waals surface area contributed by atoms with Crippen LogP contribution in [-0.4, -0.2) is 32.5 Å². The van der Waals surface area contributed by atoms with Crippen LogP contribution >= 0.6 is 0 Å². The third-order valence-electron chi connectivity index (χ3n) is 4.87. The summed E-state index contributed by atoms with van der Waals surface area (Å²) in [5.41, 5.74) is 9.97. The lowest BCUT2D eigenvalue weighted by molar-refractivity contribution is 0.0974. The first-order valence-electron chi connectivity index (χ1n) is 9.92. The molecule has 7 heteroatoms. The smallest absolute Gasteiger partial charge is 0.231 e. The second-order valence-electron chi connectivity index (χ2n) is 6.94. The van der Waals surface area contributed by atoms with Crippen LogP contribution in [0, 0.1) is 0 Å². The summed E-state index contributed by atoms with van der Waals surface area (Å²) in [4.78, 5) is 0. The topological polar surface area (TPSA) is 90.5 Å². The van der Waals surface area contributed by atoms with Crippen LogP contribution in [-0.2, 0) is 9.47 Å². The molecule has 1 saturated heterocycles. The van der Waals surface area contributed by atoms with Gasteiger partial charge in [0, 0.05) is 17.8 Å². The number of nitrogens with one attached hydrogen (secondary N) is 1. The summed E-state index contributed by atoms with van der Waals surface area (Å²) in [6.07, 6.45) is 8.46. The number of nitrogens with zero attached hydrogens (tertiary/aromatic N) is 2. The molecule has 1 aliphatic heterocycles. The van der Waals surface area contributed by atoms with Gasteiger partial charge in [0.2, 0.25) is 6.79 Å². The van der Waals surface area contributed by atoms with Crippen molar-refractivity contribution in [3.8, 4) is 5.75 Å². The van der Waals surface area contributed by atoms with Crippen molar-refractivity contribution in [1.29, 1.82) is 0 Å². The van der Waals surface area contributed by atoms with Gasteiger partial charge in [-0.1, -0.05) is 30.3 Å². The molecule has 1 aliphatic carbocycles. The number of para-hydroxylation sites is 1. The van der Waals surface area contributed by atoms with E-state index in [9.17, 15) is 0 Å². The minimum Gasteiger partial charge on any atom is -0.497 e. The maximum atomic E-state index is 6.22. The molecule has 158 valence electrons. The molecule has 7 nitrogen and oxygen atoms in total. The van der Waals surface area contributed by atoms with Gasteiger partial charge in [-0.25, -0.2) is 0 Å². The van der Waals surface area contributed by atoms with Crippen molar-refractivity contribution in [2.75, 3.05) is 25.8 Å². The molecule has 0 saturated carbocycles. The maximum absolute atomic E-state index is 6.22. The van der Waals surface area contributed by atoms with Gasteiger partial charge in [-0.05, 0) is 54.0 Å². The fourth-order valence-corrected chi connectivity index (χ4v) is 3.21. The minimum absolute atomic E-state index is 0.283. The van der Waals surface area contributed by atoms with Crippen LogP contribution < -0.4 is 15.8 Å². The minimum atomic E-state index is 0.283. The van der Waals surface area contributed by atoms with Crippen molar-refractivity contribution in [3.05, 3.63) is 95.0 Å². The van der Waals surface area contributed by atoms with Gasteiger partial charge < -0.3 is 25.3 Å². The lowest BCUT2D eigenvalue weighted by atomic mass is 10.1. The van der Waals surface area contributed by atoms with Crippen molar-refractivity contribution >= 4 is 17.7 Å². The summed E-state index contributed by atoms with van der Waals surface area (Å²) in [7, 11) is 1.63. The molecule has 3 N–H and O–H groups in total. The summed E-state index contributed by atoms with van der Waals surface area (Å²) >= 11 is 0. The molecule has 1 fully saturated rings. The first-order chi connectivity index (χ1) is 15.2. The Morgan fingerprint density at radius 1 is 1.13 bits per heavy atom. The average molecular weight is 416 g/mol. The Morgan fingerprint density at radius 2 is 2.00 bits per heavy atom. The van der Waals surface area contributed by atoms with Gasteiger partial charge in [0.1, 0.15) is 5.75 Å². The summed E-state index contributed by atoms with van der Waals surface area (Å²) in [6, 6.07) is 15.3. The summed E-state index contributed by atoms with van der Waals surface area (Å²) in [5.74, 6) is 2.67. The highest BCUT2D eigenvalue weighted by molar-refractivity contribution is 6.02. The summed E-state index contributed by atoms with van der Waals surface area (Å²) in [6.45, 7) is 0.941. The number of hydrogen-bond acceptors (Lipinski definition) is 6. The number of rotatable bonds is 7. The van der Waals surface area contributed by atoms with Gasteiger partial charge in [-0.15, -0.1) is 5.10 Å². The van der Waals surface area contributed by atoms with Crippen LogP contribution in [0.3, 0.4) is 0 Å². The maximum Gasteiger partial charge on any atom is 0.231 e. The van der Waals surface area contributed by atoms with E-state index < -0.39 is 0 Å². The van der Waals surface area contributed by atoms with Gasteiger partial charge in [0.15, 0.2) is 17.4 Å². The zero-order valence-electron chi connectivity index (χ0n) is 17.2. The van der Waals surface area contributed by atoms with E-state index in [-0.39, 0.29) is 6.79 Å². The molecule has 0 amide bonds. The van der Waals surface area contributed by atoms with Crippen LogP contribution in [0.15, 0.2) is 94.1 Å². The molecule has 0 atom stereocenters. The highest BCUT2D eigenvalue weighted by Gasteiger charge is 2.17. The number of methoxy groups -OCH3 is 1. The van der Waals surface area contributed by atoms with Crippen LogP contribution in [0.2, 0.25) is 0 Å². The van der Waals surface area contributed by atoms with Gasteiger partial charge in [-0.3, -0.25) is 0 Å². The van der Waals surface area contributed by atoms with E-state index in [1.54, 1.807) is 13.3 Å². The monoisotopic (exact) mass is 416 g/mol. The fourth-order valence-electron chi connectivity index (χ4n) is 3.21. The molecule has 2 aliphatic rings. The van der Waals surface area contributed by atoms with Crippen LogP contribution in [0.1, 0.15) is 17.5 Å². The van der Waals surface area contributed by atoms with Crippen molar-refractivity contribution < 1.29 is 14.2 Å². The predicted octanol–water partition coefficient (Wildman–Crippen LogP) is 3.95. The van der Waals surface area contributed by atoms with E-state index in [0.29, 0.717) is 12.4 Å². The Kier molecular flexibility index (Phi) is 6.32. The number of nitrogens with two attached hydrogens (primary N) is 1. The molecular formula is C24H24N4O3. The van der Waals surface area contributed by atoms with E-state index in [0.717, 1.165) is 40.5 Å². The van der Waals surface area contributed by atoms with Crippen LogP contribution in [0.25, 0.3) is 0 Å². The van der Waals surface area contributed by atoms with Crippen LogP contribution in [0.4, 0.5) is 5.69 Å². The number of benzene rings is 2. The molecule has 2 aromatic rings. The Hall–Kier alpha value is -4.00. The molecule has 2 aromatic carbocycles. The zero-order chi connectivity index (χ0) is 21.5. The van der Waals surface area contributed by atoms with Crippen molar-refractivity contribution in [1.82, 2.24) is 0 Å². The highest BCUT2D eigenvalue weighted by Crippen LogP contribution is 2.26. The van der Waals surface area contributed by atoms with Crippen molar-refractivity contribution in [2.45, 2.75) is 6.42 Å². The Bertz CT molecular complexity index is 1100. The lowest BCUT2D eigenvalue weighted by Crippen LogP contribution is -2.16. The van der Waals surface area contributed by atoms with E-state index in [4.69, 9.17) is 19.9 Å². The second-order valence-corrected chi connectivity index (χ2v) is 6.94. The van der Waals surface area contributed by atoms with E-state index in [1.165, 1.54) is 5.57 Å². The number of allylic oxidation sites excluding steroid dienone is 3. The number of hydrogen-bond donors (Lipinski definition) is 2. The molecule has 0 aromatic heterocycles. The largest absolute Gasteiger partial charge is 0.497 e. The summed E-state index contributed by atoms with van der Waals surface area (Å²) < 4.78 is 16.1. The van der Waals surface area contributed by atoms with Crippen LogP contribution in [0.5, 0.6) is 5.75 Å². The van der Waals surface area contributed by atoms with E-state index >= 15 is 0 Å². The Labute approximate surface area is 181 Å². The third kappa shape index (κ3) is 5.14. The predicted molar refractivity (Wildman–Crippen MR) is 122 cm³/mol. The van der Waals surface area contributed by atoms with Gasteiger partial charge in [0.25, 0.3) is 0 Å². The third-order valence-corrected chi connectivity index (χ3v) is 4.87. The highest BCUT2D eigenvalue weighted by atomic mass is 16.7. The van der Waals surface area contributed by atoms with E-state index in [1.807, 2.05) is 60.7 Å². The molecule has 0 unspecified atom stereocenters. The number of ether oxygens (including phenoxy) is 3. The SMILES string of the molecule is COc1cccc(/C=N/N=C(\N)c2ccccc2NCC2=CC=C3OCOC3=CC2)c1. The standard InChI is InChI=1S/C24H24N4O3/c1-29-19-6-4-5-18(13-19)15-27-28-24(25)20-7-2-3-8-21(20)26-14-17-9-11-22-23(12-10-17)31-16-30-22/h2-9,11-13,15,26H,10,14,16H2,1H3,(H2,25,28)/b27-15+. The Morgan fingerprint density at radius 3 is 2.90 bits per heavy atom. The second kappa shape index (κ2) is 9.67. The summed E-state index contributed by atoms with van der Waals surface area (Å²) in [5, 5.41) is 11.7. The number of fused-ring (bicyclic) bond motifs is 1. The number of amidine groups is 1. The molecular weight excluding hydrogens is 392 g/mol. The van der Waals surface area contributed by atoms with Crippen molar-refractivity contribution in [2.24, 2.45) is 15.9 Å². The molecule has 0 radical (unpaired) electrons. The molecule has 4 rings (SSSR count). The number of anilines is 1. The first kappa shape index (κ1) is 20.3. The molecule has 0 bridgehead atoms. The van der Waals surface area contributed by atoms with Gasteiger partial charge in [0.05, 0.1) is 13.3 Å². The lowest BCUT2D eigenvalue weighted by Gasteiger charge is -2.12. The van der Waals surface area contributed by atoms with Crippen molar-refractivity contribution in [3.63, 3.8) is 0 Å². The fraction of sp³-hybridized carbons (Fsp3) is 0.167.